The maximum Gasteiger partial charge on any atom is 0.191 e. The van der Waals surface area contributed by atoms with Crippen molar-refractivity contribution in [2.45, 2.75) is 20.0 Å². The molecule has 0 radical (unpaired) electrons. The highest BCUT2D eigenvalue weighted by Gasteiger charge is 2.06. The second-order valence-electron chi connectivity index (χ2n) is 5.47. The number of hydrogen-bond acceptors (Lipinski definition) is 3. The molecule has 0 bridgehead atoms. The van der Waals surface area contributed by atoms with Gasteiger partial charge in [-0.05, 0) is 36.8 Å². The zero-order valence-corrected chi connectivity index (χ0v) is 17.5. The first-order chi connectivity index (χ1) is 11.0. The van der Waals surface area contributed by atoms with Crippen LogP contribution in [-0.2, 0) is 13.1 Å². The second-order valence-corrected chi connectivity index (χ2v) is 6.84. The van der Waals surface area contributed by atoms with E-state index in [2.05, 4.69) is 34.7 Å². The average molecular weight is 462 g/mol. The molecular formula is C17H24FIN4S. The minimum atomic E-state index is -0.216. The highest BCUT2D eigenvalue weighted by molar-refractivity contribution is 14.0. The zero-order valence-electron chi connectivity index (χ0n) is 14.4. The summed E-state index contributed by atoms with van der Waals surface area (Å²) in [6, 6.07) is 9.47. The van der Waals surface area contributed by atoms with E-state index in [1.807, 2.05) is 20.2 Å². The Morgan fingerprint density at radius 3 is 2.42 bits per heavy atom. The van der Waals surface area contributed by atoms with Crippen LogP contribution in [0.15, 0.2) is 35.3 Å². The minimum absolute atomic E-state index is 0. The fourth-order valence-corrected chi connectivity index (χ4v) is 3.01. The first kappa shape index (κ1) is 20.7. The van der Waals surface area contributed by atoms with Gasteiger partial charge in [-0.3, -0.25) is 4.99 Å². The number of nitrogens with zero attached hydrogens (tertiary/aromatic N) is 2. The summed E-state index contributed by atoms with van der Waals surface area (Å²) in [4.78, 5) is 8.50. The molecule has 0 aliphatic heterocycles. The molecule has 7 heteroatoms. The average Bonchev–Trinajstić information content (AvgIpc) is 2.92. The maximum atomic E-state index is 14.0. The number of halogens is 2. The van der Waals surface area contributed by atoms with Crippen LogP contribution >= 0.6 is 35.3 Å². The van der Waals surface area contributed by atoms with Gasteiger partial charge in [0.05, 0.1) is 12.2 Å². The molecule has 1 heterocycles. The molecular weight excluding hydrogens is 438 g/mol. The van der Waals surface area contributed by atoms with Gasteiger partial charge in [0, 0.05) is 37.4 Å². The van der Waals surface area contributed by atoms with E-state index in [4.69, 9.17) is 0 Å². The molecule has 0 amide bonds. The lowest BCUT2D eigenvalue weighted by Crippen LogP contribution is -2.36. The summed E-state index contributed by atoms with van der Waals surface area (Å²) in [5.74, 6) is 0.486. The fraction of sp³-hybridized carbons (Fsp3) is 0.353. The van der Waals surface area contributed by atoms with Crippen molar-refractivity contribution in [1.82, 2.24) is 10.6 Å². The molecule has 2 rings (SSSR count). The summed E-state index contributed by atoms with van der Waals surface area (Å²) in [7, 11) is 5.38. The number of guanidine groups is 1. The monoisotopic (exact) mass is 462 g/mol. The molecule has 1 aromatic carbocycles. The Bertz CT molecular complexity index is 685. The van der Waals surface area contributed by atoms with Gasteiger partial charge in [0.2, 0.25) is 0 Å². The summed E-state index contributed by atoms with van der Waals surface area (Å²) in [5, 5.41) is 6.46. The molecule has 0 unspecified atom stereocenters. The van der Waals surface area contributed by atoms with Crippen LogP contribution in [0.5, 0.6) is 0 Å². The molecule has 0 saturated carbocycles. The van der Waals surface area contributed by atoms with Crippen LogP contribution < -0.4 is 15.5 Å². The molecule has 2 N–H and O–H groups in total. The lowest BCUT2D eigenvalue weighted by Gasteiger charge is -2.15. The topological polar surface area (TPSA) is 39.7 Å². The van der Waals surface area contributed by atoms with Gasteiger partial charge in [-0.15, -0.1) is 35.3 Å². The normalized spacial score (nSPS) is 11.0. The van der Waals surface area contributed by atoms with Crippen molar-refractivity contribution in [1.29, 1.82) is 0 Å². The number of aryl methyl sites for hydroxylation is 1. The largest absolute Gasteiger partial charge is 0.375 e. The van der Waals surface area contributed by atoms with E-state index in [-0.39, 0.29) is 29.8 Å². The van der Waals surface area contributed by atoms with Crippen molar-refractivity contribution in [2.75, 3.05) is 26.0 Å². The van der Waals surface area contributed by atoms with Gasteiger partial charge in [-0.2, -0.15) is 0 Å². The maximum absolute atomic E-state index is 14.0. The fourth-order valence-electron chi connectivity index (χ4n) is 2.18. The van der Waals surface area contributed by atoms with Gasteiger partial charge >= 0.3 is 0 Å². The lowest BCUT2D eigenvalue weighted by molar-refractivity contribution is 0.623. The molecule has 0 spiro atoms. The van der Waals surface area contributed by atoms with E-state index in [9.17, 15) is 4.39 Å². The molecule has 0 atom stereocenters. The third-order valence-electron chi connectivity index (χ3n) is 3.40. The van der Waals surface area contributed by atoms with Crippen LogP contribution in [-0.4, -0.2) is 27.1 Å². The number of rotatable bonds is 5. The standard InChI is InChI=1S/C17H23FN4S.HI/c1-12-5-7-14(23-12)11-21-17(19-2)20-10-13-6-8-16(22(3)4)15(18)9-13;/h5-9H,10-11H2,1-4H3,(H2,19,20,21);1H. The quantitative estimate of drug-likeness (QED) is 0.404. The van der Waals surface area contributed by atoms with E-state index >= 15 is 0 Å². The number of benzene rings is 1. The van der Waals surface area contributed by atoms with Crippen molar-refractivity contribution in [3.8, 4) is 0 Å². The Hall–Kier alpha value is -1.35. The predicted molar refractivity (Wildman–Crippen MR) is 112 cm³/mol. The van der Waals surface area contributed by atoms with Crippen LogP contribution in [0, 0.1) is 12.7 Å². The van der Waals surface area contributed by atoms with E-state index < -0.39 is 0 Å². The highest BCUT2D eigenvalue weighted by Crippen LogP contribution is 2.18. The van der Waals surface area contributed by atoms with Crippen molar-refractivity contribution < 1.29 is 4.39 Å². The van der Waals surface area contributed by atoms with Crippen LogP contribution in [0.3, 0.4) is 0 Å². The summed E-state index contributed by atoms with van der Waals surface area (Å²) < 4.78 is 14.0. The summed E-state index contributed by atoms with van der Waals surface area (Å²) >= 11 is 1.76. The smallest absolute Gasteiger partial charge is 0.191 e. The minimum Gasteiger partial charge on any atom is -0.375 e. The van der Waals surface area contributed by atoms with Crippen molar-refractivity contribution in [3.63, 3.8) is 0 Å². The number of nitrogens with one attached hydrogen (secondary N) is 2. The Morgan fingerprint density at radius 1 is 1.17 bits per heavy atom. The summed E-state index contributed by atoms with van der Waals surface area (Å²) in [6.07, 6.45) is 0. The van der Waals surface area contributed by atoms with Crippen LogP contribution in [0.25, 0.3) is 0 Å². The number of thiophene rings is 1. The molecule has 24 heavy (non-hydrogen) atoms. The van der Waals surface area contributed by atoms with Gasteiger partial charge < -0.3 is 15.5 Å². The molecule has 1 aromatic heterocycles. The van der Waals surface area contributed by atoms with Crippen molar-refractivity contribution in [2.24, 2.45) is 4.99 Å². The molecule has 0 aliphatic rings. The van der Waals surface area contributed by atoms with Crippen LogP contribution in [0.4, 0.5) is 10.1 Å². The van der Waals surface area contributed by atoms with Gasteiger partial charge in [-0.25, -0.2) is 4.39 Å². The van der Waals surface area contributed by atoms with E-state index in [1.54, 1.807) is 35.4 Å². The van der Waals surface area contributed by atoms with Gasteiger partial charge in [-0.1, -0.05) is 6.07 Å². The molecule has 0 aliphatic carbocycles. The predicted octanol–water partition coefficient (Wildman–Crippen LogP) is 3.74. The van der Waals surface area contributed by atoms with Crippen molar-refractivity contribution >= 4 is 47.0 Å². The third-order valence-corrected chi connectivity index (χ3v) is 4.40. The SMILES string of the molecule is CN=C(NCc1ccc(N(C)C)c(F)c1)NCc1ccc(C)s1.I. The lowest BCUT2D eigenvalue weighted by atomic mass is 10.2. The number of hydrogen-bond donors (Lipinski definition) is 2. The molecule has 0 fully saturated rings. The molecule has 4 nitrogen and oxygen atoms in total. The van der Waals surface area contributed by atoms with E-state index in [0.717, 1.165) is 12.1 Å². The van der Waals surface area contributed by atoms with Crippen LogP contribution in [0.2, 0.25) is 0 Å². The Balaban J connectivity index is 0.00000288. The number of aliphatic imine (C=N–C) groups is 1. The van der Waals surface area contributed by atoms with E-state index in [0.29, 0.717) is 18.2 Å². The summed E-state index contributed by atoms with van der Waals surface area (Å²) in [5.41, 5.74) is 1.47. The first-order valence-electron chi connectivity index (χ1n) is 7.45. The number of anilines is 1. The van der Waals surface area contributed by atoms with Crippen LogP contribution in [0.1, 0.15) is 15.3 Å². The zero-order chi connectivity index (χ0) is 16.8. The first-order valence-corrected chi connectivity index (χ1v) is 8.27. The Morgan fingerprint density at radius 2 is 1.88 bits per heavy atom. The molecule has 0 saturated heterocycles. The Labute approximate surface area is 164 Å². The third kappa shape index (κ3) is 5.94. The molecule has 2 aromatic rings. The van der Waals surface area contributed by atoms with E-state index in [1.165, 1.54) is 9.75 Å². The molecule has 132 valence electrons. The highest BCUT2D eigenvalue weighted by atomic mass is 127. The van der Waals surface area contributed by atoms with Gasteiger partial charge in [0.25, 0.3) is 0 Å². The van der Waals surface area contributed by atoms with Gasteiger partial charge in [0.15, 0.2) is 5.96 Å². The van der Waals surface area contributed by atoms with Crippen molar-refractivity contribution in [3.05, 3.63) is 51.5 Å². The Kier molecular flexibility index (Phi) is 8.47. The van der Waals surface area contributed by atoms with Gasteiger partial charge in [0.1, 0.15) is 5.82 Å². The second kappa shape index (κ2) is 9.83. The summed E-state index contributed by atoms with van der Waals surface area (Å²) in [6.45, 7) is 3.34.